The molecule has 4 nitrogen and oxygen atoms in total. The summed E-state index contributed by atoms with van der Waals surface area (Å²) in [6.45, 7) is 2.02. The first-order chi connectivity index (χ1) is 8.99. The number of hydrogen-bond donors (Lipinski definition) is 0. The molecule has 0 saturated carbocycles. The SMILES string of the molecule is CCc1ccc(C=Cc2ncnc(C(Cl)(Cl)Cl)n2)o1. The van der Waals surface area contributed by atoms with Crippen molar-refractivity contribution in [3.63, 3.8) is 0 Å². The van der Waals surface area contributed by atoms with Gasteiger partial charge in [0.1, 0.15) is 17.8 Å². The Balaban J connectivity index is 2.19. The molecule has 0 spiro atoms. The Kier molecular flexibility index (Phi) is 4.45. The minimum atomic E-state index is -1.66. The van der Waals surface area contributed by atoms with Crippen molar-refractivity contribution in [2.45, 2.75) is 17.1 Å². The fourth-order valence-corrected chi connectivity index (χ4v) is 1.63. The number of furan rings is 1. The maximum absolute atomic E-state index is 5.71. The highest BCUT2D eigenvalue weighted by atomic mass is 35.6. The van der Waals surface area contributed by atoms with Crippen LogP contribution in [0.2, 0.25) is 0 Å². The summed E-state index contributed by atoms with van der Waals surface area (Å²) in [5.74, 6) is 2.11. The van der Waals surface area contributed by atoms with Gasteiger partial charge < -0.3 is 4.42 Å². The van der Waals surface area contributed by atoms with Crippen molar-refractivity contribution in [1.29, 1.82) is 0 Å². The van der Waals surface area contributed by atoms with Gasteiger partial charge in [0.25, 0.3) is 0 Å². The van der Waals surface area contributed by atoms with Gasteiger partial charge in [-0.25, -0.2) is 15.0 Å². The van der Waals surface area contributed by atoms with Gasteiger partial charge in [-0.05, 0) is 24.3 Å². The molecule has 100 valence electrons. The second-order valence-corrected chi connectivity index (χ2v) is 5.94. The third-order valence-electron chi connectivity index (χ3n) is 2.27. The molecule has 0 atom stereocenters. The zero-order valence-electron chi connectivity index (χ0n) is 9.98. The summed E-state index contributed by atoms with van der Waals surface area (Å²) in [6.07, 6.45) is 5.55. The van der Waals surface area contributed by atoms with Crippen molar-refractivity contribution in [3.05, 3.63) is 41.6 Å². The molecule has 2 rings (SSSR count). The summed E-state index contributed by atoms with van der Waals surface area (Å²) in [5, 5.41) is 0. The summed E-state index contributed by atoms with van der Waals surface area (Å²) >= 11 is 17.1. The summed E-state index contributed by atoms with van der Waals surface area (Å²) in [6, 6.07) is 3.78. The standard InChI is InChI=1S/C12H10Cl3N3O/c1-2-8-3-4-9(19-8)5-6-10-16-7-17-11(18-10)12(13,14)15/h3-7H,2H2,1H3. The average molecular weight is 319 g/mol. The lowest BCUT2D eigenvalue weighted by Gasteiger charge is -2.07. The molecule has 0 aliphatic carbocycles. The van der Waals surface area contributed by atoms with Gasteiger partial charge in [0.15, 0.2) is 11.6 Å². The Labute approximate surface area is 125 Å². The monoisotopic (exact) mass is 317 g/mol. The predicted molar refractivity (Wildman–Crippen MR) is 76.1 cm³/mol. The molecular formula is C12H10Cl3N3O. The molecule has 2 aromatic rings. The molecule has 19 heavy (non-hydrogen) atoms. The van der Waals surface area contributed by atoms with Crippen LogP contribution in [0, 0.1) is 0 Å². The van der Waals surface area contributed by atoms with Gasteiger partial charge in [-0.3, -0.25) is 0 Å². The predicted octanol–water partition coefficient (Wildman–Crippen LogP) is 4.02. The van der Waals surface area contributed by atoms with Crippen LogP contribution >= 0.6 is 34.8 Å². The lowest BCUT2D eigenvalue weighted by atomic mass is 10.3. The molecule has 2 aromatic heterocycles. The van der Waals surface area contributed by atoms with Crippen LogP contribution in [0.1, 0.15) is 30.1 Å². The quantitative estimate of drug-likeness (QED) is 0.802. The van der Waals surface area contributed by atoms with E-state index in [4.69, 9.17) is 39.2 Å². The van der Waals surface area contributed by atoms with Crippen molar-refractivity contribution < 1.29 is 4.42 Å². The first-order valence-electron chi connectivity index (χ1n) is 5.52. The third-order valence-corrected chi connectivity index (χ3v) is 2.78. The molecule has 7 heteroatoms. The summed E-state index contributed by atoms with van der Waals surface area (Å²) in [4.78, 5) is 11.8. The number of aryl methyl sites for hydroxylation is 1. The van der Waals surface area contributed by atoms with Crippen LogP contribution in [0.4, 0.5) is 0 Å². The molecule has 2 heterocycles. The Morgan fingerprint density at radius 2 is 2.00 bits per heavy atom. The third kappa shape index (κ3) is 3.93. The van der Waals surface area contributed by atoms with Crippen molar-refractivity contribution in [2.75, 3.05) is 0 Å². The highest BCUT2D eigenvalue weighted by Crippen LogP contribution is 2.35. The topological polar surface area (TPSA) is 51.8 Å². The van der Waals surface area contributed by atoms with Gasteiger partial charge in [0.2, 0.25) is 3.79 Å². The van der Waals surface area contributed by atoms with Crippen LogP contribution in [0.3, 0.4) is 0 Å². The van der Waals surface area contributed by atoms with Crippen molar-refractivity contribution >= 4 is 47.0 Å². The fourth-order valence-electron chi connectivity index (χ4n) is 1.36. The zero-order chi connectivity index (χ0) is 13.9. The van der Waals surface area contributed by atoms with Crippen LogP contribution in [-0.2, 0) is 10.2 Å². The van der Waals surface area contributed by atoms with Crippen LogP contribution in [0.5, 0.6) is 0 Å². The van der Waals surface area contributed by atoms with Crippen molar-refractivity contribution in [3.8, 4) is 0 Å². The molecule has 0 saturated heterocycles. The van der Waals surface area contributed by atoms with E-state index in [2.05, 4.69) is 15.0 Å². The van der Waals surface area contributed by atoms with Gasteiger partial charge >= 0.3 is 0 Å². The van der Waals surface area contributed by atoms with Gasteiger partial charge in [-0.1, -0.05) is 41.7 Å². The first-order valence-corrected chi connectivity index (χ1v) is 6.65. The van der Waals surface area contributed by atoms with Crippen molar-refractivity contribution in [2.24, 2.45) is 0 Å². The molecule has 0 amide bonds. The molecule has 0 unspecified atom stereocenters. The Hall–Kier alpha value is -1.10. The number of halogens is 3. The largest absolute Gasteiger partial charge is 0.462 e. The van der Waals surface area contributed by atoms with Crippen LogP contribution in [0.15, 0.2) is 22.9 Å². The lowest BCUT2D eigenvalue weighted by molar-refractivity contribution is 0.508. The Morgan fingerprint density at radius 3 is 2.63 bits per heavy atom. The summed E-state index contributed by atoms with van der Waals surface area (Å²) in [5.41, 5.74) is 0. The highest BCUT2D eigenvalue weighted by Gasteiger charge is 2.26. The number of nitrogens with zero attached hydrogens (tertiary/aromatic N) is 3. The normalized spacial score (nSPS) is 12.2. The molecule has 0 N–H and O–H groups in total. The average Bonchev–Trinajstić information content (AvgIpc) is 2.84. The minimum Gasteiger partial charge on any atom is -0.462 e. The van der Waals surface area contributed by atoms with E-state index in [9.17, 15) is 0 Å². The smallest absolute Gasteiger partial charge is 0.250 e. The minimum absolute atomic E-state index is 0.0841. The number of alkyl halides is 3. The van der Waals surface area contributed by atoms with Crippen LogP contribution in [0.25, 0.3) is 12.2 Å². The Bertz CT molecular complexity index is 590. The second kappa shape index (κ2) is 5.90. The van der Waals surface area contributed by atoms with Crippen LogP contribution < -0.4 is 0 Å². The molecule has 0 aliphatic rings. The van der Waals surface area contributed by atoms with E-state index in [1.165, 1.54) is 6.33 Å². The molecule has 0 bridgehead atoms. The number of rotatable bonds is 3. The molecule has 0 fully saturated rings. The fraction of sp³-hybridized carbons (Fsp3) is 0.250. The van der Waals surface area contributed by atoms with Gasteiger partial charge in [0.05, 0.1) is 0 Å². The zero-order valence-corrected chi connectivity index (χ0v) is 12.2. The second-order valence-electron chi connectivity index (χ2n) is 3.66. The number of hydrogen-bond acceptors (Lipinski definition) is 4. The van der Waals surface area contributed by atoms with E-state index in [-0.39, 0.29) is 5.82 Å². The van der Waals surface area contributed by atoms with E-state index in [0.717, 1.165) is 12.2 Å². The first kappa shape index (κ1) is 14.3. The lowest BCUT2D eigenvalue weighted by Crippen LogP contribution is -2.08. The van der Waals surface area contributed by atoms with Crippen molar-refractivity contribution in [1.82, 2.24) is 15.0 Å². The van der Waals surface area contributed by atoms with E-state index < -0.39 is 3.79 Å². The molecule has 0 radical (unpaired) electrons. The Morgan fingerprint density at radius 1 is 1.21 bits per heavy atom. The highest BCUT2D eigenvalue weighted by molar-refractivity contribution is 6.66. The van der Waals surface area contributed by atoms with Gasteiger partial charge in [0, 0.05) is 6.42 Å². The molecule has 0 aliphatic heterocycles. The maximum atomic E-state index is 5.71. The summed E-state index contributed by atoms with van der Waals surface area (Å²) in [7, 11) is 0. The molecule has 0 aromatic carbocycles. The number of aromatic nitrogens is 3. The summed E-state index contributed by atoms with van der Waals surface area (Å²) < 4.78 is 3.85. The van der Waals surface area contributed by atoms with E-state index in [0.29, 0.717) is 11.6 Å². The maximum Gasteiger partial charge on any atom is 0.250 e. The molecular weight excluding hydrogens is 309 g/mol. The van der Waals surface area contributed by atoms with Crippen LogP contribution in [-0.4, -0.2) is 15.0 Å². The van der Waals surface area contributed by atoms with E-state index in [1.54, 1.807) is 12.2 Å². The van der Waals surface area contributed by atoms with Gasteiger partial charge in [-0.15, -0.1) is 0 Å². The van der Waals surface area contributed by atoms with E-state index >= 15 is 0 Å². The van der Waals surface area contributed by atoms with E-state index in [1.807, 2.05) is 19.1 Å². The van der Waals surface area contributed by atoms with Gasteiger partial charge in [-0.2, -0.15) is 0 Å².